The van der Waals surface area contributed by atoms with Gasteiger partial charge in [0, 0.05) is 31.9 Å². The number of carbonyl (C=O) groups excluding carboxylic acids is 1. The van der Waals surface area contributed by atoms with Crippen molar-refractivity contribution in [3.8, 4) is 17.6 Å². The van der Waals surface area contributed by atoms with Gasteiger partial charge in [0.15, 0.2) is 17.3 Å². The maximum Gasteiger partial charge on any atom is 0.289 e. The minimum absolute atomic E-state index is 0.116. The highest BCUT2D eigenvalue weighted by molar-refractivity contribution is 5.91. The van der Waals surface area contributed by atoms with E-state index in [1.54, 1.807) is 19.2 Å². The first-order valence-corrected chi connectivity index (χ1v) is 10.6. The normalized spacial score (nSPS) is 13.9. The molecule has 0 N–H and O–H groups in total. The van der Waals surface area contributed by atoms with Gasteiger partial charge in [-0.2, -0.15) is 5.26 Å². The number of ether oxygens (including phenoxy) is 2. The van der Waals surface area contributed by atoms with Gasteiger partial charge in [0.2, 0.25) is 0 Å². The fourth-order valence-electron chi connectivity index (χ4n) is 3.74. The molecular weight excluding hydrogens is 406 g/mol. The molecule has 0 aliphatic carbocycles. The number of amides is 1. The average molecular weight is 431 g/mol. The maximum absolute atomic E-state index is 13.0. The molecule has 3 aromatic rings. The van der Waals surface area contributed by atoms with Crippen LogP contribution < -0.4 is 14.4 Å². The van der Waals surface area contributed by atoms with Crippen molar-refractivity contribution in [3.05, 3.63) is 77.7 Å². The first-order valence-electron chi connectivity index (χ1n) is 10.6. The van der Waals surface area contributed by atoms with E-state index in [1.165, 1.54) is 0 Å². The molecule has 32 heavy (non-hydrogen) atoms. The summed E-state index contributed by atoms with van der Waals surface area (Å²) in [6, 6.07) is 20.6. The zero-order chi connectivity index (χ0) is 22.3. The molecule has 164 valence electrons. The molecule has 1 amide bonds. The first kappa shape index (κ1) is 21.3. The minimum Gasteiger partial charge on any atom is -0.493 e. The highest BCUT2D eigenvalue weighted by atomic mass is 16.5. The molecule has 2 heterocycles. The molecule has 7 nitrogen and oxygen atoms in total. The molecular formula is C25H25N3O4. The molecule has 2 aromatic carbocycles. The van der Waals surface area contributed by atoms with Gasteiger partial charge in [0.05, 0.1) is 18.7 Å². The standard InChI is InChI=1S/C25H25N3O4/c1-30-22-5-2-3-6-23(22)31-18-21-11-12-24(32-21)25(29)28-14-4-13-27(15-16-28)20-9-7-19(17-26)8-10-20/h2-3,5-12H,4,13-16,18H2,1H3. The van der Waals surface area contributed by atoms with Crippen LogP contribution in [0.3, 0.4) is 0 Å². The first-order chi connectivity index (χ1) is 15.7. The monoisotopic (exact) mass is 431 g/mol. The smallest absolute Gasteiger partial charge is 0.289 e. The molecule has 1 fully saturated rings. The molecule has 1 saturated heterocycles. The van der Waals surface area contributed by atoms with Gasteiger partial charge < -0.3 is 23.7 Å². The van der Waals surface area contributed by atoms with Gasteiger partial charge in [-0.3, -0.25) is 4.79 Å². The second kappa shape index (κ2) is 9.92. The summed E-state index contributed by atoms with van der Waals surface area (Å²) < 4.78 is 16.8. The summed E-state index contributed by atoms with van der Waals surface area (Å²) >= 11 is 0. The highest BCUT2D eigenvalue weighted by Crippen LogP contribution is 2.27. The largest absolute Gasteiger partial charge is 0.493 e. The van der Waals surface area contributed by atoms with Crippen LogP contribution in [0.2, 0.25) is 0 Å². The fraction of sp³-hybridized carbons (Fsp3) is 0.280. The van der Waals surface area contributed by atoms with Crippen LogP contribution in [-0.2, 0) is 6.61 Å². The number of hydrogen-bond donors (Lipinski definition) is 0. The minimum atomic E-state index is -0.116. The van der Waals surface area contributed by atoms with Crippen molar-refractivity contribution in [1.29, 1.82) is 5.26 Å². The van der Waals surface area contributed by atoms with E-state index >= 15 is 0 Å². The Morgan fingerprint density at radius 1 is 1.00 bits per heavy atom. The van der Waals surface area contributed by atoms with Crippen molar-refractivity contribution >= 4 is 11.6 Å². The third-order valence-corrected chi connectivity index (χ3v) is 5.46. The van der Waals surface area contributed by atoms with Crippen LogP contribution in [0.5, 0.6) is 11.5 Å². The van der Waals surface area contributed by atoms with E-state index in [0.717, 1.165) is 25.2 Å². The lowest BCUT2D eigenvalue weighted by Crippen LogP contribution is -2.35. The number of nitrogens with zero attached hydrogens (tertiary/aromatic N) is 3. The lowest BCUT2D eigenvalue weighted by Gasteiger charge is -2.23. The third kappa shape index (κ3) is 4.86. The van der Waals surface area contributed by atoms with E-state index in [9.17, 15) is 4.79 Å². The van der Waals surface area contributed by atoms with Crippen LogP contribution in [0.4, 0.5) is 5.69 Å². The fourth-order valence-corrected chi connectivity index (χ4v) is 3.74. The molecule has 1 aliphatic rings. The number of para-hydroxylation sites is 2. The number of hydrogen-bond acceptors (Lipinski definition) is 6. The Hall–Kier alpha value is -3.92. The third-order valence-electron chi connectivity index (χ3n) is 5.46. The zero-order valence-corrected chi connectivity index (χ0v) is 18.0. The molecule has 0 bridgehead atoms. The van der Waals surface area contributed by atoms with Crippen molar-refractivity contribution in [1.82, 2.24) is 4.90 Å². The molecule has 0 atom stereocenters. The van der Waals surface area contributed by atoms with Crippen LogP contribution in [0, 0.1) is 11.3 Å². The van der Waals surface area contributed by atoms with E-state index in [-0.39, 0.29) is 12.5 Å². The molecule has 1 aromatic heterocycles. The van der Waals surface area contributed by atoms with E-state index in [4.69, 9.17) is 19.2 Å². The summed E-state index contributed by atoms with van der Waals surface area (Å²) in [7, 11) is 1.59. The summed E-state index contributed by atoms with van der Waals surface area (Å²) in [5.74, 6) is 2.04. The Morgan fingerprint density at radius 3 is 2.53 bits per heavy atom. The van der Waals surface area contributed by atoms with Gasteiger partial charge in [0.25, 0.3) is 5.91 Å². The Kier molecular flexibility index (Phi) is 6.61. The van der Waals surface area contributed by atoms with Gasteiger partial charge in [-0.25, -0.2) is 0 Å². The Labute approximate surface area is 187 Å². The number of rotatable bonds is 6. The van der Waals surface area contributed by atoms with E-state index < -0.39 is 0 Å². The van der Waals surface area contributed by atoms with Crippen LogP contribution in [0.1, 0.15) is 28.3 Å². The van der Waals surface area contributed by atoms with E-state index in [1.807, 2.05) is 53.4 Å². The van der Waals surface area contributed by atoms with Gasteiger partial charge >= 0.3 is 0 Å². The molecule has 0 radical (unpaired) electrons. The highest BCUT2D eigenvalue weighted by Gasteiger charge is 2.23. The lowest BCUT2D eigenvalue weighted by molar-refractivity contribution is 0.0731. The quantitative estimate of drug-likeness (QED) is 0.585. The summed E-state index contributed by atoms with van der Waals surface area (Å²) in [5.41, 5.74) is 1.70. The summed E-state index contributed by atoms with van der Waals surface area (Å²) in [4.78, 5) is 17.0. The molecule has 7 heteroatoms. The number of furan rings is 1. The van der Waals surface area contributed by atoms with Crippen LogP contribution in [0.15, 0.2) is 65.1 Å². The van der Waals surface area contributed by atoms with Crippen LogP contribution >= 0.6 is 0 Å². The topological polar surface area (TPSA) is 78.9 Å². The predicted octanol–water partition coefficient (Wildman–Crippen LogP) is 4.09. The molecule has 0 spiro atoms. The Balaban J connectivity index is 1.35. The average Bonchev–Trinajstić information content (AvgIpc) is 3.18. The van der Waals surface area contributed by atoms with Crippen LogP contribution in [0.25, 0.3) is 0 Å². The van der Waals surface area contributed by atoms with Crippen LogP contribution in [-0.4, -0.2) is 44.1 Å². The maximum atomic E-state index is 13.0. The molecule has 0 saturated carbocycles. The van der Waals surface area contributed by atoms with Crippen molar-refractivity contribution in [2.24, 2.45) is 0 Å². The van der Waals surface area contributed by atoms with Crippen molar-refractivity contribution in [2.45, 2.75) is 13.0 Å². The molecule has 1 aliphatic heterocycles. The second-order valence-corrected chi connectivity index (χ2v) is 7.50. The summed E-state index contributed by atoms with van der Waals surface area (Å²) in [6.45, 7) is 3.06. The van der Waals surface area contributed by atoms with E-state index in [0.29, 0.717) is 41.7 Å². The number of methoxy groups -OCH3 is 1. The Morgan fingerprint density at radius 2 is 1.78 bits per heavy atom. The molecule has 0 unspecified atom stereocenters. The Bertz CT molecular complexity index is 1100. The number of anilines is 1. The van der Waals surface area contributed by atoms with Crippen molar-refractivity contribution < 1.29 is 18.7 Å². The SMILES string of the molecule is COc1ccccc1OCc1ccc(C(=O)N2CCCN(c3ccc(C#N)cc3)CC2)o1. The number of nitriles is 1. The molecule has 4 rings (SSSR count). The zero-order valence-electron chi connectivity index (χ0n) is 18.0. The van der Waals surface area contributed by atoms with Gasteiger partial charge in [-0.15, -0.1) is 0 Å². The number of carbonyl (C=O) groups is 1. The predicted molar refractivity (Wildman–Crippen MR) is 120 cm³/mol. The van der Waals surface area contributed by atoms with Gasteiger partial charge in [-0.1, -0.05) is 12.1 Å². The van der Waals surface area contributed by atoms with Gasteiger partial charge in [-0.05, 0) is 55.0 Å². The lowest BCUT2D eigenvalue weighted by atomic mass is 10.2. The summed E-state index contributed by atoms with van der Waals surface area (Å²) in [5, 5.41) is 8.97. The van der Waals surface area contributed by atoms with Gasteiger partial charge in [0.1, 0.15) is 12.4 Å². The summed E-state index contributed by atoms with van der Waals surface area (Å²) in [6.07, 6.45) is 0.857. The van der Waals surface area contributed by atoms with E-state index in [2.05, 4.69) is 11.0 Å². The number of benzene rings is 2. The van der Waals surface area contributed by atoms with Crippen molar-refractivity contribution in [2.75, 3.05) is 38.2 Å². The van der Waals surface area contributed by atoms with Crippen molar-refractivity contribution in [3.63, 3.8) is 0 Å². The second-order valence-electron chi connectivity index (χ2n) is 7.50.